The molecule has 2 aliphatic heterocycles. The van der Waals surface area contributed by atoms with Crippen molar-refractivity contribution in [1.29, 1.82) is 0 Å². The lowest BCUT2D eigenvalue weighted by Gasteiger charge is -2.20. The number of nitrogens with zero attached hydrogens (tertiary/aromatic N) is 1. The minimum atomic E-state index is -1.97. The number of hydrogen-bond acceptors (Lipinski definition) is 5. The van der Waals surface area contributed by atoms with Crippen molar-refractivity contribution in [2.45, 2.75) is 0 Å². The molecule has 20 heavy (non-hydrogen) atoms. The lowest BCUT2D eigenvalue weighted by molar-refractivity contribution is 0.533. The molecule has 0 saturated carbocycles. The zero-order valence-electron chi connectivity index (χ0n) is 11.4. The maximum atomic E-state index is 10.5. The molecule has 0 aliphatic carbocycles. The van der Waals surface area contributed by atoms with Crippen molar-refractivity contribution in [3.8, 4) is 0 Å². The summed E-state index contributed by atoms with van der Waals surface area (Å²) in [6.07, 6.45) is 0. The van der Waals surface area contributed by atoms with Gasteiger partial charge in [-0.25, -0.2) is 0 Å². The molecule has 1 unspecified atom stereocenters. The highest BCUT2D eigenvalue weighted by atomic mass is 32.2. The van der Waals surface area contributed by atoms with Crippen molar-refractivity contribution in [3.63, 3.8) is 0 Å². The summed E-state index contributed by atoms with van der Waals surface area (Å²) >= 11 is -1.97. The van der Waals surface area contributed by atoms with Crippen LogP contribution in [0.1, 0.15) is 0 Å². The quantitative estimate of drug-likeness (QED) is 0.780. The Morgan fingerprint density at radius 1 is 1.25 bits per heavy atom. The van der Waals surface area contributed by atoms with Crippen LogP contribution in [0, 0.1) is 11.8 Å². The van der Waals surface area contributed by atoms with Gasteiger partial charge in [0.05, 0.1) is 0 Å². The SMILES string of the molecule is O=S([O-])CCNc1ccc(N2C[C@H]3CNC[C@H]3C2)cc1. The predicted octanol–water partition coefficient (Wildman–Crippen LogP) is 0.633. The van der Waals surface area contributed by atoms with Gasteiger partial charge in [-0.15, -0.1) is 0 Å². The van der Waals surface area contributed by atoms with E-state index in [2.05, 4.69) is 27.7 Å². The lowest BCUT2D eigenvalue weighted by atomic mass is 10.0. The molecule has 1 aromatic rings. The van der Waals surface area contributed by atoms with Crippen LogP contribution in [-0.2, 0) is 11.1 Å². The van der Waals surface area contributed by atoms with Crippen molar-refractivity contribution in [3.05, 3.63) is 24.3 Å². The molecule has 2 N–H and O–H groups in total. The van der Waals surface area contributed by atoms with E-state index in [0.717, 1.165) is 43.7 Å². The van der Waals surface area contributed by atoms with Crippen molar-refractivity contribution in [2.24, 2.45) is 11.8 Å². The van der Waals surface area contributed by atoms with E-state index < -0.39 is 11.1 Å². The highest BCUT2D eigenvalue weighted by Gasteiger charge is 2.35. The zero-order valence-corrected chi connectivity index (χ0v) is 12.2. The number of nitrogens with one attached hydrogen (secondary N) is 2. The molecule has 0 aromatic heterocycles. The predicted molar refractivity (Wildman–Crippen MR) is 80.8 cm³/mol. The molecular weight excluding hydrogens is 274 g/mol. The fourth-order valence-corrected chi connectivity index (χ4v) is 3.40. The van der Waals surface area contributed by atoms with Gasteiger partial charge in [0.15, 0.2) is 0 Å². The monoisotopic (exact) mass is 294 g/mol. The Morgan fingerprint density at radius 2 is 1.90 bits per heavy atom. The summed E-state index contributed by atoms with van der Waals surface area (Å²) in [6.45, 7) is 5.02. The van der Waals surface area contributed by atoms with Gasteiger partial charge in [0.1, 0.15) is 0 Å². The third-order valence-corrected chi connectivity index (χ3v) is 4.76. The van der Waals surface area contributed by atoms with E-state index in [1.165, 1.54) is 5.69 Å². The normalized spacial score (nSPS) is 26.6. The van der Waals surface area contributed by atoms with Crippen molar-refractivity contribution in [1.82, 2.24) is 5.32 Å². The van der Waals surface area contributed by atoms with Crippen LogP contribution < -0.4 is 15.5 Å². The Balaban J connectivity index is 1.55. The van der Waals surface area contributed by atoms with E-state index in [0.29, 0.717) is 6.54 Å². The van der Waals surface area contributed by atoms with E-state index in [1.54, 1.807) is 0 Å². The molecule has 3 rings (SSSR count). The lowest BCUT2D eigenvalue weighted by Crippen LogP contribution is -2.25. The molecule has 3 atom stereocenters. The van der Waals surface area contributed by atoms with Crippen LogP contribution in [0.25, 0.3) is 0 Å². The topological polar surface area (TPSA) is 67.4 Å². The minimum Gasteiger partial charge on any atom is -0.772 e. The van der Waals surface area contributed by atoms with Crippen molar-refractivity contribution >= 4 is 22.5 Å². The molecule has 0 spiro atoms. The molecule has 5 nitrogen and oxygen atoms in total. The highest BCUT2D eigenvalue weighted by Crippen LogP contribution is 2.30. The highest BCUT2D eigenvalue weighted by molar-refractivity contribution is 7.79. The summed E-state index contributed by atoms with van der Waals surface area (Å²) in [7, 11) is 0. The largest absolute Gasteiger partial charge is 0.772 e. The summed E-state index contributed by atoms with van der Waals surface area (Å²) in [5, 5.41) is 6.56. The Labute approximate surface area is 122 Å². The molecule has 6 heteroatoms. The summed E-state index contributed by atoms with van der Waals surface area (Å²) in [6, 6.07) is 8.28. The van der Waals surface area contributed by atoms with E-state index in [9.17, 15) is 8.76 Å². The maximum absolute atomic E-state index is 10.5. The molecule has 1 aromatic carbocycles. The summed E-state index contributed by atoms with van der Waals surface area (Å²) in [4.78, 5) is 2.45. The van der Waals surface area contributed by atoms with Gasteiger partial charge in [-0.2, -0.15) is 0 Å². The number of hydrogen-bond donors (Lipinski definition) is 2. The van der Waals surface area contributed by atoms with Gasteiger partial charge < -0.3 is 20.1 Å². The second-order valence-electron chi connectivity index (χ2n) is 5.56. The standard InChI is InChI=1S/C14H21N3O2S/c18-20(19)6-5-16-13-1-3-14(4-2-13)17-9-11-7-15-8-12(11)10-17/h1-4,11-12,15-16H,5-10H2,(H,18,19)/p-1/t11-,12+. The third kappa shape index (κ3) is 3.13. The molecular formula is C14H20N3O2S-. The molecule has 2 fully saturated rings. The minimum absolute atomic E-state index is 0.143. The van der Waals surface area contributed by atoms with Crippen LogP contribution in [0.3, 0.4) is 0 Å². The van der Waals surface area contributed by atoms with E-state index in [4.69, 9.17) is 0 Å². The molecule has 0 bridgehead atoms. The fraction of sp³-hybridized carbons (Fsp3) is 0.571. The summed E-state index contributed by atoms with van der Waals surface area (Å²) < 4.78 is 20.9. The van der Waals surface area contributed by atoms with Crippen LogP contribution in [0.15, 0.2) is 24.3 Å². The first-order valence-corrected chi connectivity index (χ1v) is 8.32. The maximum Gasteiger partial charge on any atom is 0.0367 e. The molecule has 0 amide bonds. The number of anilines is 2. The number of fused-ring (bicyclic) bond motifs is 1. The fourth-order valence-electron chi connectivity index (χ4n) is 3.14. The second-order valence-corrected chi connectivity index (χ2v) is 6.58. The second kappa shape index (κ2) is 6.11. The van der Waals surface area contributed by atoms with Crippen molar-refractivity contribution in [2.75, 3.05) is 48.7 Å². The number of rotatable bonds is 5. The molecule has 2 saturated heterocycles. The Hall–Kier alpha value is -1.11. The van der Waals surface area contributed by atoms with Gasteiger partial charge in [0.2, 0.25) is 0 Å². The van der Waals surface area contributed by atoms with Crippen molar-refractivity contribution < 1.29 is 8.76 Å². The van der Waals surface area contributed by atoms with Gasteiger partial charge in [-0.3, -0.25) is 4.21 Å². The molecule has 0 radical (unpaired) electrons. The van der Waals surface area contributed by atoms with Gasteiger partial charge >= 0.3 is 0 Å². The van der Waals surface area contributed by atoms with E-state index in [1.807, 2.05) is 12.1 Å². The van der Waals surface area contributed by atoms with Crippen LogP contribution in [-0.4, -0.2) is 47.2 Å². The van der Waals surface area contributed by atoms with Crippen LogP contribution >= 0.6 is 0 Å². The first-order valence-electron chi connectivity index (χ1n) is 7.08. The third-order valence-electron chi connectivity index (χ3n) is 4.22. The first kappa shape index (κ1) is 13.9. The summed E-state index contributed by atoms with van der Waals surface area (Å²) in [5.74, 6) is 1.73. The van der Waals surface area contributed by atoms with Crippen LogP contribution in [0.5, 0.6) is 0 Å². The molecule has 110 valence electrons. The van der Waals surface area contributed by atoms with E-state index in [-0.39, 0.29) is 5.75 Å². The summed E-state index contributed by atoms with van der Waals surface area (Å²) in [5.41, 5.74) is 2.23. The average molecular weight is 294 g/mol. The van der Waals surface area contributed by atoms with Crippen LogP contribution in [0.4, 0.5) is 11.4 Å². The van der Waals surface area contributed by atoms with Gasteiger partial charge in [0, 0.05) is 49.9 Å². The molecule has 2 aliphatic rings. The smallest absolute Gasteiger partial charge is 0.0367 e. The zero-order chi connectivity index (χ0) is 13.9. The molecule has 2 heterocycles. The van der Waals surface area contributed by atoms with E-state index >= 15 is 0 Å². The first-order chi connectivity index (χ1) is 9.72. The van der Waals surface area contributed by atoms with Gasteiger partial charge in [-0.05, 0) is 36.1 Å². The van der Waals surface area contributed by atoms with Gasteiger partial charge in [-0.1, -0.05) is 11.1 Å². The average Bonchev–Trinajstić information content (AvgIpc) is 3.00. The Kier molecular flexibility index (Phi) is 4.24. The Morgan fingerprint density at radius 3 is 2.50 bits per heavy atom. The number of benzene rings is 1. The van der Waals surface area contributed by atoms with Crippen LogP contribution in [0.2, 0.25) is 0 Å². The Bertz CT molecular complexity index is 468. The van der Waals surface area contributed by atoms with Gasteiger partial charge in [0.25, 0.3) is 0 Å².